The fourth-order valence-electron chi connectivity index (χ4n) is 2.00. The lowest BCUT2D eigenvalue weighted by Gasteiger charge is -2.05. The molecule has 2 nitrogen and oxygen atoms in total. The number of hydrogen-bond acceptors (Lipinski definition) is 1. The zero-order chi connectivity index (χ0) is 11.0. The van der Waals surface area contributed by atoms with Gasteiger partial charge < -0.3 is 0 Å². The SMILES string of the molecule is Cc1nc2ccccc2n1-c1c[c]ccc1. The Morgan fingerprint density at radius 2 is 2.00 bits per heavy atom. The molecule has 0 atom stereocenters. The largest absolute Gasteiger partial charge is 0.297 e. The molecule has 0 aliphatic heterocycles. The fraction of sp³-hybridized carbons (Fsp3) is 0.0714. The van der Waals surface area contributed by atoms with Crippen LogP contribution in [-0.2, 0) is 0 Å². The molecule has 0 aliphatic carbocycles. The van der Waals surface area contributed by atoms with E-state index in [1.165, 1.54) is 0 Å². The molecule has 0 spiro atoms. The maximum absolute atomic E-state index is 4.54. The molecule has 0 unspecified atom stereocenters. The van der Waals surface area contributed by atoms with Gasteiger partial charge in [0.2, 0.25) is 0 Å². The second kappa shape index (κ2) is 3.49. The van der Waals surface area contributed by atoms with Crippen LogP contribution in [-0.4, -0.2) is 9.55 Å². The topological polar surface area (TPSA) is 17.8 Å². The van der Waals surface area contributed by atoms with Crippen molar-refractivity contribution in [2.75, 3.05) is 0 Å². The summed E-state index contributed by atoms with van der Waals surface area (Å²) < 4.78 is 2.14. The van der Waals surface area contributed by atoms with E-state index in [4.69, 9.17) is 0 Å². The van der Waals surface area contributed by atoms with E-state index < -0.39 is 0 Å². The minimum Gasteiger partial charge on any atom is -0.297 e. The maximum atomic E-state index is 4.54. The van der Waals surface area contributed by atoms with Crippen molar-refractivity contribution in [1.82, 2.24) is 9.55 Å². The lowest BCUT2D eigenvalue weighted by Crippen LogP contribution is -1.95. The van der Waals surface area contributed by atoms with E-state index >= 15 is 0 Å². The second-order valence-corrected chi connectivity index (χ2v) is 3.74. The number of rotatable bonds is 1. The molecule has 2 aromatic carbocycles. The van der Waals surface area contributed by atoms with Gasteiger partial charge in [-0.2, -0.15) is 0 Å². The zero-order valence-corrected chi connectivity index (χ0v) is 9.01. The van der Waals surface area contributed by atoms with Gasteiger partial charge in [0.15, 0.2) is 0 Å². The smallest absolute Gasteiger partial charge is 0.111 e. The van der Waals surface area contributed by atoms with Gasteiger partial charge in [-0.3, -0.25) is 4.57 Å². The van der Waals surface area contributed by atoms with Gasteiger partial charge in [0.25, 0.3) is 0 Å². The predicted molar refractivity (Wildman–Crippen MR) is 64.6 cm³/mol. The number of fused-ring (bicyclic) bond motifs is 1. The molecule has 0 saturated heterocycles. The van der Waals surface area contributed by atoms with E-state index in [1.54, 1.807) is 0 Å². The van der Waals surface area contributed by atoms with Crippen molar-refractivity contribution < 1.29 is 0 Å². The molecular weight excluding hydrogens is 196 g/mol. The van der Waals surface area contributed by atoms with E-state index in [1.807, 2.05) is 43.3 Å². The van der Waals surface area contributed by atoms with Crippen LogP contribution < -0.4 is 0 Å². The Morgan fingerprint density at radius 3 is 2.81 bits per heavy atom. The third-order valence-electron chi connectivity index (χ3n) is 2.68. The third-order valence-corrected chi connectivity index (χ3v) is 2.68. The number of aryl methyl sites for hydroxylation is 1. The highest BCUT2D eigenvalue weighted by Crippen LogP contribution is 2.20. The van der Waals surface area contributed by atoms with Crippen LogP contribution in [0.5, 0.6) is 0 Å². The summed E-state index contributed by atoms with van der Waals surface area (Å²) in [6.45, 7) is 2.02. The van der Waals surface area contributed by atoms with Crippen LogP contribution >= 0.6 is 0 Å². The first kappa shape index (κ1) is 9.16. The number of para-hydroxylation sites is 2. The highest BCUT2D eigenvalue weighted by Gasteiger charge is 2.07. The number of imidazole rings is 1. The molecule has 0 bridgehead atoms. The molecular formula is C14H11N2. The van der Waals surface area contributed by atoms with E-state index in [2.05, 4.69) is 27.8 Å². The molecule has 0 amide bonds. The maximum Gasteiger partial charge on any atom is 0.111 e. The van der Waals surface area contributed by atoms with Crippen LogP contribution in [0.2, 0.25) is 0 Å². The summed E-state index contributed by atoms with van der Waals surface area (Å²) in [6, 6.07) is 19.2. The van der Waals surface area contributed by atoms with Crippen molar-refractivity contribution in [1.29, 1.82) is 0 Å². The summed E-state index contributed by atoms with van der Waals surface area (Å²) in [5.41, 5.74) is 3.28. The first-order valence-electron chi connectivity index (χ1n) is 5.27. The van der Waals surface area contributed by atoms with E-state index in [0.29, 0.717) is 0 Å². The molecule has 0 fully saturated rings. The summed E-state index contributed by atoms with van der Waals surface area (Å²) in [6.07, 6.45) is 0. The Kier molecular flexibility index (Phi) is 2.00. The summed E-state index contributed by atoms with van der Waals surface area (Å²) in [7, 11) is 0. The van der Waals surface area contributed by atoms with Crippen LogP contribution in [0.25, 0.3) is 16.7 Å². The first-order valence-corrected chi connectivity index (χ1v) is 5.27. The molecule has 16 heavy (non-hydrogen) atoms. The molecule has 1 radical (unpaired) electrons. The summed E-state index contributed by atoms with van der Waals surface area (Å²) in [4.78, 5) is 4.54. The van der Waals surface area contributed by atoms with Gasteiger partial charge in [0.05, 0.1) is 11.0 Å². The third kappa shape index (κ3) is 1.31. The van der Waals surface area contributed by atoms with Crippen LogP contribution in [0.1, 0.15) is 5.82 Å². The van der Waals surface area contributed by atoms with E-state index in [9.17, 15) is 0 Å². The number of aromatic nitrogens is 2. The Balaban J connectivity index is 2.35. The summed E-state index contributed by atoms with van der Waals surface area (Å²) in [5, 5.41) is 0. The Hall–Kier alpha value is -2.09. The Bertz CT molecular complexity index is 624. The first-order chi connectivity index (χ1) is 7.86. The van der Waals surface area contributed by atoms with Crippen LogP contribution in [0.3, 0.4) is 0 Å². The molecule has 0 aliphatic rings. The molecule has 3 rings (SSSR count). The Labute approximate surface area is 94.2 Å². The fourth-order valence-corrected chi connectivity index (χ4v) is 2.00. The van der Waals surface area contributed by atoms with Gasteiger partial charge in [-0.1, -0.05) is 24.3 Å². The van der Waals surface area contributed by atoms with Crippen LogP contribution in [0.4, 0.5) is 0 Å². The van der Waals surface area contributed by atoms with Gasteiger partial charge in [0.1, 0.15) is 5.82 Å². The van der Waals surface area contributed by atoms with Crippen LogP contribution in [0.15, 0.2) is 48.5 Å². The lowest BCUT2D eigenvalue weighted by molar-refractivity contribution is 1.00. The molecule has 2 heteroatoms. The van der Waals surface area contributed by atoms with Crippen molar-refractivity contribution in [2.45, 2.75) is 6.92 Å². The molecule has 77 valence electrons. The summed E-state index contributed by atoms with van der Waals surface area (Å²) >= 11 is 0. The molecule has 0 N–H and O–H groups in total. The van der Waals surface area contributed by atoms with Crippen molar-refractivity contribution in [3.8, 4) is 5.69 Å². The molecule has 1 aromatic heterocycles. The predicted octanol–water partition coefficient (Wildman–Crippen LogP) is 3.13. The number of nitrogens with zero attached hydrogens (tertiary/aromatic N) is 2. The second-order valence-electron chi connectivity index (χ2n) is 3.74. The van der Waals surface area contributed by atoms with Gasteiger partial charge in [-0.15, -0.1) is 0 Å². The van der Waals surface area contributed by atoms with Gasteiger partial charge in [0, 0.05) is 5.69 Å². The lowest BCUT2D eigenvalue weighted by atomic mass is 10.3. The summed E-state index contributed by atoms with van der Waals surface area (Å²) in [5.74, 6) is 1.00. The minimum atomic E-state index is 1.00. The van der Waals surface area contributed by atoms with Crippen molar-refractivity contribution in [3.63, 3.8) is 0 Å². The highest BCUT2D eigenvalue weighted by atomic mass is 15.1. The Morgan fingerprint density at radius 1 is 1.12 bits per heavy atom. The van der Waals surface area contributed by atoms with Gasteiger partial charge in [-0.05, 0) is 37.3 Å². The monoisotopic (exact) mass is 207 g/mol. The quantitative estimate of drug-likeness (QED) is 0.599. The average Bonchev–Trinajstić information content (AvgIpc) is 2.66. The number of benzene rings is 2. The average molecular weight is 207 g/mol. The molecule has 1 heterocycles. The van der Waals surface area contributed by atoms with Crippen molar-refractivity contribution >= 4 is 11.0 Å². The standard InChI is InChI=1S/C14H11N2/c1-11-15-13-9-5-6-10-14(13)16(11)12-7-3-2-4-8-12/h2-3,5-10H,1H3. The molecule has 0 saturated carbocycles. The van der Waals surface area contributed by atoms with E-state index in [0.717, 1.165) is 22.5 Å². The minimum absolute atomic E-state index is 1.00. The van der Waals surface area contributed by atoms with Crippen molar-refractivity contribution in [3.05, 3.63) is 60.4 Å². The van der Waals surface area contributed by atoms with Gasteiger partial charge >= 0.3 is 0 Å². The zero-order valence-electron chi connectivity index (χ0n) is 9.01. The molecule has 3 aromatic rings. The van der Waals surface area contributed by atoms with Crippen molar-refractivity contribution in [2.24, 2.45) is 0 Å². The highest BCUT2D eigenvalue weighted by molar-refractivity contribution is 5.78. The van der Waals surface area contributed by atoms with E-state index in [-0.39, 0.29) is 0 Å². The van der Waals surface area contributed by atoms with Crippen LogP contribution in [0, 0.1) is 13.0 Å². The normalized spacial score (nSPS) is 10.8. The number of hydrogen-bond donors (Lipinski definition) is 0. The van der Waals surface area contributed by atoms with Gasteiger partial charge in [-0.25, -0.2) is 4.98 Å².